The zero-order valence-electron chi connectivity index (χ0n) is 10.4. The second-order valence-corrected chi connectivity index (χ2v) is 4.36. The molecule has 0 aromatic carbocycles. The Labute approximate surface area is 95.2 Å². The summed E-state index contributed by atoms with van der Waals surface area (Å²) in [5.41, 5.74) is 10.6. The smallest absolute Gasteiger partial charge is 0.00218 e. The summed E-state index contributed by atoms with van der Waals surface area (Å²) in [6, 6.07) is 0. The molecule has 0 radical (unpaired) electrons. The Morgan fingerprint density at radius 1 is 0.800 bits per heavy atom. The molecule has 0 atom stereocenters. The van der Waals surface area contributed by atoms with Gasteiger partial charge in [-0.15, -0.1) is 0 Å². The zero-order valence-corrected chi connectivity index (χ0v) is 10.4. The molecule has 0 unspecified atom stereocenters. The molecular weight excluding hydrogens is 186 g/mol. The molecular formula is C12H29N3. The van der Waals surface area contributed by atoms with Crippen LogP contribution in [-0.4, -0.2) is 38.1 Å². The molecule has 1 fully saturated rings. The third-order valence-electron chi connectivity index (χ3n) is 2.74. The van der Waals surface area contributed by atoms with Crippen LogP contribution in [0, 0.1) is 0 Å². The molecule has 3 nitrogen and oxygen atoms in total. The third kappa shape index (κ3) is 11.8. The van der Waals surface area contributed by atoms with Gasteiger partial charge in [0, 0.05) is 0 Å². The minimum absolute atomic E-state index is 0.824. The summed E-state index contributed by atoms with van der Waals surface area (Å²) in [7, 11) is 2.19. The lowest BCUT2D eigenvalue weighted by atomic mass is 10.1. The highest BCUT2D eigenvalue weighted by Crippen LogP contribution is 2.04. The lowest BCUT2D eigenvalue weighted by Gasteiger charge is -2.20. The van der Waals surface area contributed by atoms with Crippen LogP contribution in [0.3, 0.4) is 0 Å². The minimum atomic E-state index is 0.824. The summed E-state index contributed by atoms with van der Waals surface area (Å²) in [4.78, 5) is 2.39. The van der Waals surface area contributed by atoms with Crippen LogP contribution in [0.4, 0.5) is 0 Å². The molecule has 1 aliphatic rings. The lowest BCUT2D eigenvalue weighted by Crippen LogP contribution is -2.24. The molecule has 3 heteroatoms. The van der Waals surface area contributed by atoms with Gasteiger partial charge in [0.1, 0.15) is 0 Å². The zero-order chi connectivity index (χ0) is 11.4. The van der Waals surface area contributed by atoms with Crippen molar-refractivity contribution in [2.24, 2.45) is 11.5 Å². The van der Waals surface area contributed by atoms with E-state index < -0.39 is 0 Å². The maximum Gasteiger partial charge on any atom is -0.00218 e. The number of unbranched alkanes of at least 4 members (excludes halogenated alkanes) is 3. The Bertz CT molecular complexity index is 105. The number of rotatable bonds is 5. The van der Waals surface area contributed by atoms with Crippen LogP contribution in [0.15, 0.2) is 0 Å². The first-order chi connectivity index (χ1) is 7.31. The molecule has 0 aliphatic carbocycles. The number of nitrogens with zero attached hydrogens (tertiary/aromatic N) is 1. The number of nitrogens with two attached hydrogens (primary N) is 2. The maximum absolute atomic E-state index is 5.28. The van der Waals surface area contributed by atoms with Gasteiger partial charge in [-0.25, -0.2) is 0 Å². The summed E-state index contributed by atoms with van der Waals surface area (Å²) in [5.74, 6) is 0. The largest absolute Gasteiger partial charge is 0.330 e. The molecule has 0 spiro atoms. The predicted octanol–water partition coefficient (Wildman–Crippen LogP) is 1.57. The second-order valence-electron chi connectivity index (χ2n) is 4.36. The maximum atomic E-state index is 5.28. The average Bonchev–Trinajstić information content (AvgIpc) is 2.27. The number of piperidine rings is 1. The Hall–Kier alpha value is -0.120. The van der Waals surface area contributed by atoms with Crippen molar-refractivity contribution in [2.45, 2.75) is 44.9 Å². The highest BCUT2D eigenvalue weighted by molar-refractivity contribution is 4.58. The van der Waals surface area contributed by atoms with Gasteiger partial charge in [0.25, 0.3) is 0 Å². The highest BCUT2D eigenvalue weighted by Gasteiger charge is 2.02. The van der Waals surface area contributed by atoms with Crippen molar-refractivity contribution in [2.75, 3.05) is 33.2 Å². The van der Waals surface area contributed by atoms with E-state index in [1.54, 1.807) is 0 Å². The van der Waals surface area contributed by atoms with Crippen molar-refractivity contribution in [3.05, 3.63) is 0 Å². The molecule has 1 heterocycles. The minimum Gasteiger partial charge on any atom is -0.330 e. The Balaban J connectivity index is 0.000000262. The van der Waals surface area contributed by atoms with Gasteiger partial charge < -0.3 is 16.4 Å². The Morgan fingerprint density at radius 3 is 1.53 bits per heavy atom. The van der Waals surface area contributed by atoms with E-state index in [-0.39, 0.29) is 0 Å². The van der Waals surface area contributed by atoms with Gasteiger partial charge in [-0.05, 0) is 58.9 Å². The molecule has 0 saturated carbocycles. The van der Waals surface area contributed by atoms with E-state index in [4.69, 9.17) is 11.5 Å². The standard InChI is InChI=1S/C6H16N2.C6H13N/c7-5-3-1-2-4-6-8;1-7-5-3-2-4-6-7/h1-8H2;2-6H2,1H3. The van der Waals surface area contributed by atoms with Crippen molar-refractivity contribution in [1.29, 1.82) is 0 Å². The normalized spacial score (nSPS) is 17.0. The molecule has 1 aliphatic heterocycles. The van der Waals surface area contributed by atoms with Crippen molar-refractivity contribution >= 4 is 0 Å². The van der Waals surface area contributed by atoms with Gasteiger partial charge in [-0.3, -0.25) is 0 Å². The summed E-state index contributed by atoms with van der Waals surface area (Å²) in [6.45, 7) is 4.29. The summed E-state index contributed by atoms with van der Waals surface area (Å²) in [5, 5.41) is 0. The highest BCUT2D eigenvalue weighted by atomic mass is 15.1. The fourth-order valence-corrected chi connectivity index (χ4v) is 1.69. The second kappa shape index (κ2) is 12.0. The monoisotopic (exact) mass is 215 g/mol. The van der Waals surface area contributed by atoms with E-state index in [1.807, 2.05) is 0 Å². The van der Waals surface area contributed by atoms with Gasteiger partial charge in [0.05, 0.1) is 0 Å². The molecule has 4 N–H and O–H groups in total. The van der Waals surface area contributed by atoms with Crippen molar-refractivity contribution in [3.63, 3.8) is 0 Å². The average molecular weight is 215 g/mol. The quantitative estimate of drug-likeness (QED) is 0.684. The van der Waals surface area contributed by atoms with Gasteiger partial charge in [-0.2, -0.15) is 0 Å². The Morgan fingerprint density at radius 2 is 1.27 bits per heavy atom. The van der Waals surface area contributed by atoms with Crippen molar-refractivity contribution in [3.8, 4) is 0 Å². The SMILES string of the molecule is CN1CCCCC1.NCCCCCCN. The van der Waals surface area contributed by atoms with Gasteiger partial charge in [0.2, 0.25) is 0 Å². The molecule has 0 aromatic rings. The van der Waals surface area contributed by atoms with Crippen LogP contribution in [0.5, 0.6) is 0 Å². The van der Waals surface area contributed by atoms with Gasteiger partial charge in [-0.1, -0.05) is 19.3 Å². The molecule has 1 rings (SSSR count). The first kappa shape index (κ1) is 14.9. The fourth-order valence-electron chi connectivity index (χ4n) is 1.69. The molecule has 92 valence electrons. The summed E-state index contributed by atoms with van der Waals surface area (Å²) >= 11 is 0. The predicted molar refractivity (Wildman–Crippen MR) is 67.9 cm³/mol. The van der Waals surface area contributed by atoms with Crippen LogP contribution in [0.1, 0.15) is 44.9 Å². The van der Waals surface area contributed by atoms with Crippen molar-refractivity contribution < 1.29 is 0 Å². The van der Waals surface area contributed by atoms with Gasteiger partial charge in [0.15, 0.2) is 0 Å². The van der Waals surface area contributed by atoms with Gasteiger partial charge >= 0.3 is 0 Å². The first-order valence-corrected chi connectivity index (χ1v) is 6.40. The molecule has 0 amide bonds. The van der Waals surface area contributed by atoms with E-state index in [1.165, 1.54) is 45.2 Å². The van der Waals surface area contributed by atoms with E-state index in [0.717, 1.165) is 25.9 Å². The van der Waals surface area contributed by atoms with E-state index in [0.29, 0.717) is 0 Å². The molecule has 1 saturated heterocycles. The summed E-state index contributed by atoms with van der Waals surface area (Å²) < 4.78 is 0. The fraction of sp³-hybridized carbons (Fsp3) is 1.00. The van der Waals surface area contributed by atoms with E-state index in [9.17, 15) is 0 Å². The third-order valence-corrected chi connectivity index (χ3v) is 2.74. The lowest BCUT2D eigenvalue weighted by molar-refractivity contribution is 0.277. The number of hydrogen-bond donors (Lipinski definition) is 2. The first-order valence-electron chi connectivity index (χ1n) is 6.40. The van der Waals surface area contributed by atoms with E-state index in [2.05, 4.69) is 11.9 Å². The number of hydrogen-bond acceptors (Lipinski definition) is 3. The van der Waals surface area contributed by atoms with Crippen molar-refractivity contribution in [1.82, 2.24) is 4.90 Å². The topological polar surface area (TPSA) is 55.3 Å². The van der Waals surface area contributed by atoms with Crippen LogP contribution < -0.4 is 11.5 Å². The Kier molecular flexibility index (Phi) is 11.9. The van der Waals surface area contributed by atoms with E-state index >= 15 is 0 Å². The van der Waals surface area contributed by atoms with Crippen LogP contribution >= 0.6 is 0 Å². The molecule has 0 aromatic heterocycles. The summed E-state index contributed by atoms with van der Waals surface area (Å²) in [6.07, 6.45) is 9.07. The van der Waals surface area contributed by atoms with Crippen LogP contribution in [0.2, 0.25) is 0 Å². The number of likely N-dealkylation sites (tertiary alicyclic amines) is 1. The van der Waals surface area contributed by atoms with Crippen LogP contribution in [-0.2, 0) is 0 Å². The van der Waals surface area contributed by atoms with Crippen LogP contribution in [0.25, 0.3) is 0 Å². The molecule has 15 heavy (non-hydrogen) atoms. The molecule has 0 bridgehead atoms.